The molecule has 1 N–H and O–H groups in total. The highest BCUT2D eigenvalue weighted by molar-refractivity contribution is 9.11. The van der Waals surface area contributed by atoms with Crippen LogP contribution in [-0.4, -0.2) is 36.7 Å². The summed E-state index contributed by atoms with van der Waals surface area (Å²) in [4.78, 5) is 24.9. The molecule has 1 heterocycles. The van der Waals surface area contributed by atoms with E-state index in [4.69, 9.17) is 0 Å². The highest BCUT2D eigenvalue weighted by Gasteiger charge is 2.21. The molecule has 0 saturated carbocycles. The lowest BCUT2D eigenvalue weighted by Gasteiger charge is -2.29. The number of amides is 1. The maximum Gasteiger partial charge on any atom is 0.238 e. The van der Waals surface area contributed by atoms with E-state index in [1.807, 2.05) is 23.1 Å². The molecule has 1 saturated heterocycles. The van der Waals surface area contributed by atoms with Crippen molar-refractivity contribution < 1.29 is 9.59 Å². The number of benzene rings is 1. The van der Waals surface area contributed by atoms with Crippen molar-refractivity contribution in [2.75, 3.05) is 25.0 Å². The fraction of sp³-hybridized carbons (Fsp3) is 0.429. The fourth-order valence-corrected chi connectivity index (χ4v) is 3.48. The number of hydrogen-bond acceptors (Lipinski definition) is 3. The van der Waals surface area contributed by atoms with Crippen LogP contribution in [0.25, 0.3) is 0 Å². The number of piperidine rings is 1. The monoisotopic (exact) mass is 402 g/mol. The molecule has 1 aromatic rings. The van der Waals surface area contributed by atoms with Gasteiger partial charge in [-0.05, 0) is 53.5 Å². The first-order chi connectivity index (χ1) is 9.58. The lowest BCUT2D eigenvalue weighted by Crippen LogP contribution is -2.40. The molecule has 20 heavy (non-hydrogen) atoms. The van der Waals surface area contributed by atoms with Gasteiger partial charge < -0.3 is 10.1 Å². The predicted octanol–water partition coefficient (Wildman–Crippen LogP) is 3.06. The summed E-state index contributed by atoms with van der Waals surface area (Å²) in [5, 5.41) is 2.88. The molecule has 0 bridgehead atoms. The summed E-state index contributed by atoms with van der Waals surface area (Å²) >= 11 is 6.79. The number of carbonyl (C=O) groups is 2. The zero-order chi connectivity index (χ0) is 14.5. The van der Waals surface area contributed by atoms with Crippen LogP contribution in [0.15, 0.2) is 27.1 Å². The minimum atomic E-state index is -0.0560. The molecule has 0 aromatic heterocycles. The Kier molecular flexibility index (Phi) is 5.74. The first kappa shape index (κ1) is 15.7. The Labute approximate surface area is 135 Å². The number of anilines is 1. The van der Waals surface area contributed by atoms with Crippen molar-refractivity contribution in [1.82, 2.24) is 4.90 Å². The van der Waals surface area contributed by atoms with Crippen molar-refractivity contribution >= 4 is 49.7 Å². The van der Waals surface area contributed by atoms with Gasteiger partial charge in [0, 0.05) is 21.4 Å². The van der Waals surface area contributed by atoms with Gasteiger partial charge in [0.05, 0.1) is 12.2 Å². The molecule has 1 aromatic carbocycles. The van der Waals surface area contributed by atoms with E-state index in [0.29, 0.717) is 13.1 Å². The van der Waals surface area contributed by atoms with Crippen LogP contribution in [0.3, 0.4) is 0 Å². The average molecular weight is 404 g/mol. The Morgan fingerprint density at radius 2 is 2.25 bits per heavy atom. The standard InChI is InChI=1S/C14H16Br2N2O2/c15-11-3-4-13(12(16)6-11)17-14(20)8-18-5-1-2-10(7-18)9-19/h3-4,6,9-10H,1-2,5,7-8H2,(H,17,20). The second-order valence-corrected chi connectivity index (χ2v) is 6.72. The van der Waals surface area contributed by atoms with Gasteiger partial charge in [-0.25, -0.2) is 0 Å². The number of likely N-dealkylation sites (tertiary alicyclic amines) is 1. The predicted molar refractivity (Wildman–Crippen MR) is 85.7 cm³/mol. The highest BCUT2D eigenvalue weighted by atomic mass is 79.9. The molecule has 1 aliphatic rings. The highest BCUT2D eigenvalue weighted by Crippen LogP contribution is 2.26. The Hall–Kier alpha value is -0.720. The zero-order valence-electron chi connectivity index (χ0n) is 10.9. The van der Waals surface area contributed by atoms with Crippen LogP contribution >= 0.6 is 31.9 Å². The van der Waals surface area contributed by atoms with Gasteiger partial charge >= 0.3 is 0 Å². The van der Waals surface area contributed by atoms with Gasteiger partial charge in [-0.1, -0.05) is 15.9 Å². The average Bonchev–Trinajstić information content (AvgIpc) is 2.42. The summed E-state index contributed by atoms with van der Waals surface area (Å²) in [6.45, 7) is 1.88. The third-order valence-corrected chi connectivity index (χ3v) is 4.46. The fourth-order valence-electron chi connectivity index (χ4n) is 2.33. The van der Waals surface area contributed by atoms with E-state index < -0.39 is 0 Å². The molecular formula is C14H16Br2N2O2. The number of hydrogen-bond donors (Lipinski definition) is 1. The van der Waals surface area contributed by atoms with Gasteiger partial charge in [-0.3, -0.25) is 9.69 Å². The lowest BCUT2D eigenvalue weighted by atomic mass is 10.00. The molecule has 6 heteroatoms. The van der Waals surface area contributed by atoms with Crippen LogP contribution in [0.5, 0.6) is 0 Å². The van der Waals surface area contributed by atoms with Gasteiger partial charge in [0.25, 0.3) is 0 Å². The first-order valence-electron chi connectivity index (χ1n) is 6.51. The second kappa shape index (κ2) is 7.33. The molecule has 0 radical (unpaired) electrons. The summed E-state index contributed by atoms with van der Waals surface area (Å²) in [7, 11) is 0. The van der Waals surface area contributed by atoms with Crippen molar-refractivity contribution in [2.45, 2.75) is 12.8 Å². The van der Waals surface area contributed by atoms with Gasteiger partial charge in [0.15, 0.2) is 0 Å². The van der Waals surface area contributed by atoms with Crippen molar-refractivity contribution in [3.63, 3.8) is 0 Å². The maximum absolute atomic E-state index is 12.0. The number of rotatable bonds is 4. The third-order valence-electron chi connectivity index (χ3n) is 3.31. The van der Waals surface area contributed by atoms with Gasteiger partial charge in [-0.15, -0.1) is 0 Å². The molecule has 1 unspecified atom stereocenters. The van der Waals surface area contributed by atoms with Crippen LogP contribution in [0.1, 0.15) is 12.8 Å². The molecule has 1 atom stereocenters. The SMILES string of the molecule is O=CC1CCCN(CC(=O)Nc2ccc(Br)cc2Br)C1. The summed E-state index contributed by atoms with van der Waals surface area (Å²) in [6.07, 6.45) is 2.90. The number of carbonyl (C=O) groups excluding carboxylic acids is 2. The van der Waals surface area contributed by atoms with Crippen molar-refractivity contribution in [3.8, 4) is 0 Å². The molecule has 1 aliphatic heterocycles. The normalized spacial score (nSPS) is 19.6. The Balaban J connectivity index is 1.90. The largest absolute Gasteiger partial charge is 0.324 e. The van der Waals surface area contributed by atoms with Crippen LogP contribution in [0.4, 0.5) is 5.69 Å². The van der Waals surface area contributed by atoms with Gasteiger partial charge in [0.1, 0.15) is 6.29 Å². The van der Waals surface area contributed by atoms with Crippen molar-refractivity contribution in [1.29, 1.82) is 0 Å². The molecule has 108 valence electrons. The van der Waals surface area contributed by atoms with Gasteiger partial charge in [0.2, 0.25) is 5.91 Å². The first-order valence-corrected chi connectivity index (χ1v) is 8.09. The van der Waals surface area contributed by atoms with E-state index >= 15 is 0 Å². The van der Waals surface area contributed by atoms with E-state index in [1.54, 1.807) is 0 Å². The second-order valence-electron chi connectivity index (χ2n) is 4.95. The van der Waals surface area contributed by atoms with E-state index in [0.717, 1.165) is 40.3 Å². The summed E-state index contributed by atoms with van der Waals surface area (Å²) in [5.41, 5.74) is 0.752. The van der Waals surface area contributed by atoms with Crippen molar-refractivity contribution in [2.24, 2.45) is 5.92 Å². The lowest BCUT2D eigenvalue weighted by molar-refractivity contribution is -0.119. The number of halogens is 2. The smallest absolute Gasteiger partial charge is 0.238 e. The number of nitrogens with zero attached hydrogens (tertiary/aromatic N) is 1. The summed E-state index contributed by atoms with van der Waals surface area (Å²) in [5.74, 6) is 0.00976. The molecule has 4 nitrogen and oxygen atoms in total. The molecule has 2 rings (SSSR count). The van der Waals surface area contributed by atoms with Gasteiger partial charge in [-0.2, -0.15) is 0 Å². The number of nitrogens with one attached hydrogen (secondary N) is 1. The minimum absolute atomic E-state index is 0.0560. The van der Waals surface area contributed by atoms with E-state index in [2.05, 4.69) is 37.2 Å². The molecule has 0 spiro atoms. The summed E-state index contributed by atoms with van der Waals surface area (Å²) in [6, 6.07) is 5.61. The van der Waals surface area contributed by atoms with Crippen LogP contribution in [0.2, 0.25) is 0 Å². The Morgan fingerprint density at radius 1 is 1.45 bits per heavy atom. The number of aldehydes is 1. The van der Waals surface area contributed by atoms with Crippen LogP contribution in [0, 0.1) is 5.92 Å². The van der Waals surface area contributed by atoms with E-state index in [1.165, 1.54) is 0 Å². The van der Waals surface area contributed by atoms with E-state index in [-0.39, 0.29) is 11.8 Å². The van der Waals surface area contributed by atoms with Crippen LogP contribution in [-0.2, 0) is 9.59 Å². The van der Waals surface area contributed by atoms with E-state index in [9.17, 15) is 9.59 Å². The molecular weight excluding hydrogens is 388 g/mol. The Morgan fingerprint density at radius 3 is 2.95 bits per heavy atom. The maximum atomic E-state index is 12.0. The summed E-state index contributed by atoms with van der Waals surface area (Å²) < 4.78 is 1.79. The van der Waals surface area contributed by atoms with Crippen molar-refractivity contribution in [3.05, 3.63) is 27.1 Å². The van der Waals surface area contributed by atoms with Crippen LogP contribution < -0.4 is 5.32 Å². The quantitative estimate of drug-likeness (QED) is 0.786. The minimum Gasteiger partial charge on any atom is -0.324 e. The molecule has 1 amide bonds. The third kappa shape index (κ3) is 4.40. The Bertz CT molecular complexity index is 508. The molecule has 1 fully saturated rings. The zero-order valence-corrected chi connectivity index (χ0v) is 14.1. The topological polar surface area (TPSA) is 49.4 Å². The molecule has 0 aliphatic carbocycles.